The van der Waals surface area contributed by atoms with Crippen molar-refractivity contribution in [1.82, 2.24) is 24.6 Å². The Hall–Kier alpha value is -2.75. The van der Waals surface area contributed by atoms with Crippen molar-refractivity contribution in [3.63, 3.8) is 0 Å². The highest BCUT2D eigenvalue weighted by Gasteiger charge is 2.29. The molecular weight excluding hydrogens is 463 g/mol. The molecule has 6 nitrogen and oxygen atoms in total. The molecule has 34 heavy (non-hydrogen) atoms. The van der Waals surface area contributed by atoms with Crippen molar-refractivity contribution in [2.45, 2.75) is 63.3 Å². The fraction of sp³-hybridized carbons (Fsp3) is 0.458. The zero-order chi connectivity index (χ0) is 24.9. The van der Waals surface area contributed by atoms with Crippen molar-refractivity contribution < 1.29 is 18.0 Å². The van der Waals surface area contributed by atoms with E-state index in [1.54, 1.807) is 18.0 Å². The van der Waals surface area contributed by atoms with Crippen LogP contribution in [0, 0.1) is 0 Å². The minimum absolute atomic E-state index is 0.132. The number of hydrogen-bond acceptors (Lipinski definition) is 4. The number of carbonyl (C=O) groups excluding carboxylic acids is 1. The van der Waals surface area contributed by atoms with E-state index in [1.165, 1.54) is 11.8 Å². The lowest BCUT2D eigenvalue weighted by atomic mass is 10.0. The molecule has 1 N–H and O–H groups in total. The second-order valence-corrected chi connectivity index (χ2v) is 8.88. The number of urea groups is 1. The molecule has 0 aliphatic heterocycles. The summed E-state index contributed by atoms with van der Waals surface area (Å²) in [5.74, 6) is 0. The van der Waals surface area contributed by atoms with Crippen LogP contribution in [0.25, 0.3) is 16.9 Å². The predicted molar refractivity (Wildman–Crippen MR) is 129 cm³/mol. The molecule has 3 rings (SSSR count). The molecule has 0 bridgehead atoms. The number of benzene rings is 1. The minimum atomic E-state index is -4.24. The zero-order valence-corrected chi connectivity index (χ0v) is 20.6. The van der Waals surface area contributed by atoms with Crippen LogP contribution in [0.3, 0.4) is 0 Å². The summed E-state index contributed by atoms with van der Waals surface area (Å²) in [6, 6.07) is 6.65. The van der Waals surface area contributed by atoms with E-state index in [2.05, 4.69) is 10.3 Å². The summed E-state index contributed by atoms with van der Waals surface area (Å²) in [4.78, 5) is 23.7. The smallest absolute Gasteiger partial charge is 0.335 e. The first-order valence-electron chi connectivity index (χ1n) is 11.3. The summed E-state index contributed by atoms with van der Waals surface area (Å²) in [6.45, 7) is 5.97. The lowest BCUT2D eigenvalue weighted by Crippen LogP contribution is -2.45. The third-order valence-corrected chi connectivity index (χ3v) is 6.53. The Morgan fingerprint density at radius 2 is 2.06 bits per heavy atom. The van der Waals surface area contributed by atoms with E-state index < -0.39 is 18.6 Å². The van der Waals surface area contributed by atoms with Crippen LogP contribution in [0.15, 0.2) is 47.9 Å². The van der Waals surface area contributed by atoms with Gasteiger partial charge in [-0.05, 0) is 44.6 Å². The van der Waals surface area contributed by atoms with Gasteiger partial charge in [0.2, 0.25) is 0 Å². The van der Waals surface area contributed by atoms with Crippen LogP contribution >= 0.6 is 11.8 Å². The van der Waals surface area contributed by atoms with Gasteiger partial charge in [0.1, 0.15) is 5.03 Å². The summed E-state index contributed by atoms with van der Waals surface area (Å²) in [7, 11) is 0. The van der Waals surface area contributed by atoms with Gasteiger partial charge in [0.25, 0.3) is 0 Å². The molecule has 184 valence electrons. The topological polar surface area (TPSA) is 62.5 Å². The molecule has 0 radical (unpaired) electrons. The Kier molecular flexibility index (Phi) is 8.46. The van der Waals surface area contributed by atoms with Crippen LogP contribution in [0.5, 0.6) is 0 Å². The van der Waals surface area contributed by atoms with E-state index in [0.29, 0.717) is 13.0 Å². The van der Waals surface area contributed by atoms with E-state index in [0.717, 1.165) is 27.5 Å². The molecule has 0 spiro atoms. The molecule has 0 saturated carbocycles. The van der Waals surface area contributed by atoms with Crippen molar-refractivity contribution in [2.24, 2.45) is 0 Å². The van der Waals surface area contributed by atoms with Crippen molar-refractivity contribution in [3.8, 4) is 11.3 Å². The Morgan fingerprint density at radius 1 is 1.29 bits per heavy atom. The first-order chi connectivity index (χ1) is 16.2. The molecule has 2 atom stereocenters. The summed E-state index contributed by atoms with van der Waals surface area (Å²) < 4.78 is 39.8. The van der Waals surface area contributed by atoms with Crippen molar-refractivity contribution >= 4 is 23.4 Å². The molecule has 0 fully saturated rings. The molecule has 0 saturated heterocycles. The molecule has 1 aromatic carbocycles. The van der Waals surface area contributed by atoms with Crippen LogP contribution in [0.4, 0.5) is 18.0 Å². The average molecular weight is 494 g/mol. The lowest BCUT2D eigenvalue weighted by molar-refractivity contribution is -0.136. The van der Waals surface area contributed by atoms with E-state index in [9.17, 15) is 18.0 Å². The number of rotatable bonds is 9. The van der Waals surface area contributed by atoms with Crippen molar-refractivity contribution in [3.05, 3.63) is 48.4 Å². The number of fused-ring (bicyclic) bond motifs is 1. The van der Waals surface area contributed by atoms with Gasteiger partial charge in [0.05, 0.1) is 11.7 Å². The number of carbonyl (C=O) groups is 1. The monoisotopic (exact) mass is 493 g/mol. The maximum Gasteiger partial charge on any atom is 0.389 e. The van der Waals surface area contributed by atoms with E-state index >= 15 is 0 Å². The van der Waals surface area contributed by atoms with Gasteiger partial charge >= 0.3 is 12.2 Å². The fourth-order valence-corrected chi connectivity index (χ4v) is 4.41. The van der Waals surface area contributed by atoms with Crippen LogP contribution < -0.4 is 5.32 Å². The standard InChI is InChI=1S/C24H30F3N5OS/c1-5-19(10-11-24(25,26)27)29-23(33)32(6-2)16(3)17-8-7-9-18(14-17)20-15-31-13-12-28-21(31)22(30-20)34-4/h7-9,12-16,19H,5-6,10-11H2,1-4H3,(H,29,33)/t16-,19-/m1/s1. The quantitative estimate of drug-likeness (QED) is 0.354. The van der Waals surface area contributed by atoms with Crippen molar-refractivity contribution in [1.29, 1.82) is 0 Å². The Bertz CT molecular complexity index is 1120. The third-order valence-electron chi connectivity index (χ3n) is 5.87. The Morgan fingerprint density at radius 3 is 2.71 bits per heavy atom. The molecule has 0 aliphatic carbocycles. The van der Waals surface area contributed by atoms with Crippen LogP contribution in [-0.4, -0.2) is 50.3 Å². The molecule has 2 amide bonds. The second-order valence-electron chi connectivity index (χ2n) is 8.09. The van der Waals surface area contributed by atoms with Gasteiger partial charge in [0, 0.05) is 43.2 Å². The molecular formula is C24H30F3N5OS. The maximum atomic E-state index is 12.9. The van der Waals surface area contributed by atoms with Gasteiger partial charge in [-0.1, -0.05) is 25.1 Å². The number of aromatic nitrogens is 3. The number of thioether (sulfide) groups is 1. The highest BCUT2D eigenvalue weighted by molar-refractivity contribution is 7.98. The number of halogens is 3. The van der Waals surface area contributed by atoms with Gasteiger partial charge < -0.3 is 14.6 Å². The number of nitrogens with zero attached hydrogens (tertiary/aromatic N) is 4. The van der Waals surface area contributed by atoms with Gasteiger partial charge in [0.15, 0.2) is 5.65 Å². The van der Waals surface area contributed by atoms with Crippen molar-refractivity contribution in [2.75, 3.05) is 12.8 Å². The largest absolute Gasteiger partial charge is 0.389 e. The summed E-state index contributed by atoms with van der Waals surface area (Å²) in [5, 5.41) is 3.60. The predicted octanol–water partition coefficient (Wildman–Crippen LogP) is 6.33. The summed E-state index contributed by atoms with van der Waals surface area (Å²) in [6.07, 6.45) is 2.63. The van der Waals surface area contributed by atoms with Crippen LogP contribution in [-0.2, 0) is 0 Å². The zero-order valence-electron chi connectivity index (χ0n) is 19.8. The minimum Gasteiger partial charge on any atom is -0.335 e. The lowest BCUT2D eigenvalue weighted by Gasteiger charge is -2.31. The van der Waals surface area contributed by atoms with E-state index in [4.69, 9.17) is 4.98 Å². The number of amides is 2. The number of nitrogens with one attached hydrogen (secondary N) is 1. The first kappa shape index (κ1) is 25.9. The SMILES string of the molecule is CC[C@H](CCC(F)(F)F)NC(=O)N(CC)[C@H](C)c1cccc(-c2cn3ccnc3c(SC)n2)c1. The summed E-state index contributed by atoms with van der Waals surface area (Å²) in [5.41, 5.74) is 3.40. The Labute approximate surface area is 202 Å². The van der Waals surface area contributed by atoms with Crippen LogP contribution in [0.2, 0.25) is 0 Å². The summed E-state index contributed by atoms with van der Waals surface area (Å²) >= 11 is 1.52. The van der Waals surface area contributed by atoms with Gasteiger partial charge in [-0.25, -0.2) is 14.8 Å². The highest BCUT2D eigenvalue weighted by atomic mass is 32.2. The number of imidazole rings is 1. The normalized spacial score (nSPS) is 13.6. The first-order valence-corrected chi connectivity index (χ1v) is 12.5. The van der Waals surface area contributed by atoms with Gasteiger partial charge in [-0.15, -0.1) is 11.8 Å². The van der Waals surface area contributed by atoms with Gasteiger partial charge in [-0.2, -0.15) is 13.2 Å². The molecule has 10 heteroatoms. The molecule has 2 aromatic heterocycles. The molecule has 3 aromatic rings. The van der Waals surface area contributed by atoms with Crippen LogP contribution in [0.1, 0.15) is 51.6 Å². The second kappa shape index (κ2) is 11.1. The van der Waals surface area contributed by atoms with Gasteiger partial charge in [-0.3, -0.25) is 0 Å². The van der Waals surface area contributed by atoms with E-state index in [1.807, 2.05) is 61.2 Å². The Balaban J connectivity index is 1.80. The number of alkyl halides is 3. The van der Waals surface area contributed by atoms with E-state index in [-0.39, 0.29) is 18.5 Å². The maximum absolute atomic E-state index is 12.9. The number of hydrogen-bond donors (Lipinski definition) is 1. The fourth-order valence-electron chi connectivity index (χ4n) is 3.88. The molecule has 0 aliphatic rings. The average Bonchev–Trinajstić information content (AvgIpc) is 3.29. The molecule has 0 unspecified atom stereocenters. The third kappa shape index (κ3) is 6.22. The highest BCUT2D eigenvalue weighted by Crippen LogP contribution is 2.28. The molecule has 2 heterocycles.